The van der Waals surface area contributed by atoms with E-state index < -0.39 is 30.1 Å². The van der Waals surface area contributed by atoms with Crippen LogP contribution in [-0.2, 0) is 44.3 Å². The van der Waals surface area contributed by atoms with Gasteiger partial charge in [-0.2, -0.15) is 0 Å². The lowest BCUT2D eigenvalue weighted by Gasteiger charge is -2.38. The molecule has 6 saturated heterocycles. The first-order valence-electron chi connectivity index (χ1n) is 45.4. The number of morpholine rings is 3. The molecule has 126 heavy (non-hydrogen) atoms. The molecule has 12 aromatic rings. The number of ether oxygens (including phenoxy) is 3. The normalized spacial score (nSPS) is 22.8. The topological polar surface area (TPSA) is 242 Å². The minimum Gasteiger partial charge on any atom is -0.379 e. The molecule has 9 aromatic heterocycles. The Morgan fingerprint density at radius 1 is 0.349 bits per heavy atom. The van der Waals surface area contributed by atoms with Crippen molar-refractivity contribution >= 4 is 103 Å². The number of rotatable bonds is 18. The second-order valence-electron chi connectivity index (χ2n) is 35.9. The minimum absolute atomic E-state index is 0.245. The van der Waals surface area contributed by atoms with E-state index in [0.29, 0.717) is 64.7 Å². The van der Waals surface area contributed by atoms with Gasteiger partial charge in [-0.1, -0.05) is 60.7 Å². The van der Waals surface area contributed by atoms with Crippen LogP contribution in [0.25, 0.3) is 70.4 Å². The van der Waals surface area contributed by atoms with Crippen molar-refractivity contribution < 1.29 is 39.5 Å². The van der Waals surface area contributed by atoms with E-state index in [4.69, 9.17) is 44.1 Å². The second-order valence-corrected chi connectivity index (χ2v) is 43.9. The molecule has 664 valence electrons. The molecular formula is C96H115N15O9S6. The molecule has 6 aliphatic heterocycles. The molecule has 0 bridgehead atoms. The minimum atomic E-state index is -3.83. The molecule has 15 heterocycles. The summed E-state index contributed by atoms with van der Waals surface area (Å²) in [5, 5.41) is 11.6. The van der Waals surface area contributed by atoms with Crippen molar-refractivity contribution in [3.05, 3.63) is 202 Å². The summed E-state index contributed by atoms with van der Waals surface area (Å²) in [6.45, 7) is 17.5. The SMILES string of the molecule is CN1CCC(c2csc(-c3cn(S(=O)(=O)c4ccccc4)c4ncc(C5=CCC(N6CCOCC6)CC5)cc34)n2)CC1.CN1CCC(c2csc(-c3cn(S(=O)(=O)c4ccccc4)c4ncc(C5CCC(N6CCOCC6)CC5)cc34)n2)CC1.CN1CCC(c2csc(-c3cn(S(=O)(=O)c4ccccc4)c4ncc(C5CCC(N6CCOCC6)CC5)cc34)n2)CC1. The lowest BCUT2D eigenvalue weighted by Crippen LogP contribution is -2.44. The highest BCUT2D eigenvalue weighted by Crippen LogP contribution is 2.46. The molecule has 0 amide bonds. The molecule has 1 unspecified atom stereocenters. The largest absolute Gasteiger partial charge is 0.379 e. The van der Waals surface area contributed by atoms with Gasteiger partial charge in [-0.15, -0.1) is 34.0 Å². The second kappa shape index (κ2) is 38.5. The van der Waals surface area contributed by atoms with E-state index in [-0.39, 0.29) is 14.7 Å². The maximum absolute atomic E-state index is 13.8. The summed E-state index contributed by atoms with van der Waals surface area (Å²) in [6.07, 6.45) is 32.1. The Morgan fingerprint density at radius 2 is 0.667 bits per heavy atom. The van der Waals surface area contributed by atoms with Gasteiger partial charge in [-0.3, -0.25) is 14.7 Å². The van der Waals surface area contributed by atoms with E-state index in [1.165, 1.54) is 54.3 Å². The lowest BCUT2D eigenvalue weighted by molar-refractivity contribution is 0.00727. The van der Waals surface area contributed by atoms with Crippen LogP contribution in [-0.4, -0.2) is 254 Å². The van der Waals surface area contributed by atoms with E-state index in [1.807, 2.05) is 36.8 Å². The van der Waals surface area contributed by atoms with Gasteiger partial charge in [0.2, 0.25) is 0 Å². The molecule has 30 heteroatoms. The van der Waals surface area contributed by atoms with Crippen molar-refractivity contribution in [1.29, 1.82) is 0 Å². The molecule has 0 radical (unpaired) electrons. The van der Waals surface area contributed by atoms with Crippen molar-refractivity contribution in [1.82, 2.24) is 71.2 Å². The summed E-state index contributed by atoms with van der Waals surface area (Å²) in [6, 6.07) is 34.2. The molecule has 0 spiro atoms. The first-order valence-corrected chi connectivity index (χ1v) is 52.4. The highest BCUT2D eigenvalue weighted by Gasteiger charge is 2.36. The van der Waals surface area contributed by atoms with E-state index in [2.05, 4.69) is 91.0 Å². The molecule has 3 aliphatic carbocycles. The van der Waals surface area contributed by atoms with Gasteiger partial charge < -0.3 is 28.9 Å². The van der Waals surface area contributed by atoms with E-state index >= 15 is 0 Å². The van der Waals surface area contributed by atoms with E-state index in [9.17, 15) is 25.3 Å². The summed E-state index contributed by atoms with van der Waals surface area (Å²) >= 11 is 4.82. The molecule has 21 rings (SSSR count). The summed E-state index contributed by atoms with van der Waals surface area (Å²) in [7, 11) is -4.97. The summed E-state index contributed by atoms with van der Waals surface area (Å²) in [4.78, 5) is 45.4. The monoisotopic (exact) mass is 1810 g/mol. The van der Waals surface area contributed by atoms with Crippen LogP contribution in [0.1, 0.15) is 173 Å². The standard InChI is InChI=1S/2C32H39N5O3S2.C32H37N5O3S2/c3*1-35-13-11-24(12-14-35)30-22-41-32(34-30)29-21-37(42(38,39)27-5-3-2-4-6-27)31-28(29)19-25(20-33-31)23-7-9-26(10-8-23)36-15-17-40-18-16-36/h2*2-6,19-24,26H,7-18H2,1H3;2-7,19-22,24,26H,8-18H2,1H3. The van der Waals surface area contributed by atoms with Gasteiger partial charge in [-0.25, -0.2) is 67.1 Å². The van der Waals surface area contributed by atoms with Crippen LogP contribution >= 0.6 is 34.0 Å². The zero-order valence-corrected chi connectivity index (χ0v) is 77.3. The third kappa shape index (κ3) is 18.7. The molecule has 24 nitrogen and oxygen atoms in total. The molecule has 1 atom stereocenters. The maximum Gasteiger partial charge on any atom is 0.269 e. The van der Waals surface area contributed by atoms with Gasteiger partial charge in [0, 0.05) is 161 Å². The number of hydrogen-bond acceptors (Lipinski definition) is 24. The van der Waals surface area contributed by atoms with Gasteiger partial charge >= 0.3 is 0 Å². The van der Waals surface area contributed by atoms with Crippen LogP contribution in [0, 0.1) is 0 Å². The molecule has 8 fully saturated rings. The van der Waals surface area contributed by atoms with Crippen LogP contribution in [0.4, 0.5) is 0 Å². The summed E-state index contributed by atoms with van der Waals surface area (Å²) < 4.78 is 104. The average Bonchev–Trinajstić information content (AvgIpc) is 1.60. The Hall–Kier alpha value is -8.15. The van der Waals surface area contributed by atoms with Crippen LogP contribution in [0.2, 0.25) is 0 Å². The number of allylic oxidation sites excluding steroid dienone is 1. The van der Waals surface area contributed by atoms with Crippen LogP contribution in [0.3, 0.4) is 0 Å². The number of pyridine rings is 3. The van der Waals surface area contributed by atoms with Crippen LogP contribution < -0.4 is 0 Å². The number of likely N-dealkylation sites (tertiary alicyclic amines) is 3. The van der Waals surface area contributed by atoms with Crippen molar-refractivity contribution in [2.45, 2.75) is 172 Å². The summed E-state index contributed by atoms with van der Waals surface area (Å²) in [5.74, 6) is 2.18. The number of aromatic nitrogens is 9. The van der Waals surface area contributed by atoms with Crippen molar-refractivity contribution in [2.24, 2.45) is 0 Å². The molecule has 2 saturated carbocycles. The maximum atomic E-state index is 13.8. The number of nitrogens with zero attached hydrogens (tertiary/aromatic N) is 15. The Kier molecular flexibility index (Phi) is 26.6. The fourth-order valence-electron chi connectivity index (χ4n) is 20.6. The fourth-order valence-corrected chi connectivity index (χ4v) is 27.4. The lowest BCUT2D eigenvalue weighted by atomic mass is 9.81. The Bertz CT molecular complexity index is 5890. The van der Waals surface area contributed by atoms with Gasteiger partial charge in [0.05, 0.1) is 71.4 Å². The zero-order valence-electron chi connectivity index (χ0n) is 72.4. The van der Waals surface area contributed by atoms with E-state index in [0.717, 1.165) is 272 Å². The first-order chi connectivity index (χ1) is 61.4. The van der Waals surface area contributed by atoms with Crippen molar-refractivity contribution in [3.8, 4) is 31.7 Å². The predicted molar refractivity (Wildman–Crippen MR) is 501 cm³/mol. The number of piperidine rings is 3. The van der Waals surface area contributed by atoms with Crippen molar-refractivity contribution in [3.63, 3.8) is 0 Å². The fraction of sp³-hybridized carbons (Fsp3) is 0.479. The highest BCUT2D eigenvalue weighted by atomic mass is 32.2. The highest BCUT2D eigenvalue weighted by molar-refractivity contribution is 7.90. The Balaban J connectivity index is 0.000000123. The number of hydrogen-bond donors (Lipinski definition) is 0. The molecular weight excluding hydrogens is 1700 g/mol. The smallest absolute Gasteiger partial charge is 0.269 e. The third-order valence-electron chi connectivity index (χ3n) is 28.2. The van der Waals surface area contributed by atoms with Gasteiger partial charge in [0.1, 0.15) is 15.0 Å². The number of benzene rings is 3. The molecule has 3 aromatic carbocycles. The Labute approximate surface area is 752 Å². The van der Waals surface area contributed by atoms with E-state index in [1.54, 1.807) is 125 Å². The van der Waals surface area contributed by atoms with Crippen LogP contribution in [0.5, 0.6) is 0 Å². The Morgan fingerprint density at radius 3 is 0.992 bits per heavy atom. The molecule has 9 aliphatic rings. The number of fused-ring (bicyclic) bond motifs is 3. The van der Waals surface area contributed by atoms with Gasteiger partial charge in [0.25, 0.3) is 30.1 Å². The van der Waals surface area contributed by atoms with Crippen molar-refractivity contribution in [2.75, 3.05) is 139 Å². The van der Waals surface area contributed by atoms with Gasteiger partial charge in [-0.05, 0) is 258 Å². The predicted octanol–water partition coefficient (Wildman–Crippen LogP) is 16.6. The van der Waals surface area contributed by atoms with Crippen LogP contribution in [0.15, 0.2) is 183 Å². The van der Waals surface area contributed by atoms with Gasteiger partial charge in [0.15, 0.2) is 16.9 Å². The average molecular weight is 1820 g/mol. The molecule has 0 N–H and O–H groups in total. The third-order valence-corrected chi connectivity index (χ3v) is 35.9. The summed E-state index contributed by atoms with van der Waals surface area (Å²) in [5.41, 5.74) is 12.0. The quantitative estimate of drug-likeness (QED) is 0.0775. The first kappa shape index (κ1) is 87.2. The number of thiazole rings is 3. The zero-order chi connectivity index (χ0) is 86.0.